The molecular weight excluding hydrogens is 328 g/mol. The van der Waals surface area contributed by atoms with Crippen LogP contribution < -0.4 is 9.64 Å². The van der Waals surface area contributed by atoms with Crippen LogP contribution >= 0.6 is 0 Å². The molecule has 6 heteroatoms. The first kappa shape index (κ1) is 18.9. The van der Waals surface area contributed by atoms with Crippen molar-refractivity contribution < 1.29 is 9.53 Å². The lowest BCUT2D eigenvalue weighted by molar-refractivity contribution is -0.136. The Balaban J connectivity index is 1.50. The lowest BCUT2D eigenvalue weighted by atomic mass is 9.78. The Morgan fingerprint density at radius 1 is 1.12 bits per heavy atom. The molecule has 26 heavy (non-hydrogen) atoms. The predicted molar refractivity (Wildman–Crippen MR) is 102 cm³/mol. The zero-order valence-electron chi connectivity index (χ0n) is 16.4. The predicted octanol–water partition coefficient (Wildman–Crippen LogP) is 2.99. The summed E-state index contributed by atoms with van der Waals surface area (Å²) in [6.45, 7) is 8.02. The minimum atomic E-state index is 0.164. The van der Waals surface area contributed by atoms with Gasteiger partial charge in [0.05, 0.1) is 7.11 Å². The normalized spacial score (nSPS) is 20.9. The molecule has 1 amide bonds. The van der Waals surface area contributed by atoms with Crippen molar-refractivity contribution in [2.45, 2.75) is 46.0 Å². The highest BCUT2D eigenvalue weighted by molar-refractivity contribution is 5.78. The molecule has 2 saturated heterocycles. The van der Waals surface area contributed by atoms with Gasteiger partial charge in [0.15, 0.2) is 5.82 Å². The molecule has 0 spiro atoms. The number of piperidine rings is 2. The van der Waals surface area contributed by atoms with E-state index in [1.54, 1.807) is 19.5 Å². The summed E-state index contributed by atoms with van der Waals surface area (Å²) < 4.78 is 5.35. The highest BCUT2D eigenvalue weighted by Crippen LogP contribution is 2.35. The van der Waals surface area contributed by atoms with Crippen molar-refractivity contribution in [3.8, 4) is 5.88 Å². The summed E-state index contributed by atoms with van der Waals surface area (Å²) in [7, 11) is 1.65. The number of carbonyl (C=O) groups is 1. The van der Waals surface area contributed by atoms with Crippen LogP contribution in [-0.4, -0.2) is 54.1 Å². The Morgan fingerprint density at radius 3 is 2.27 bits per heavy atom. The van der Waals surface area contributed by atoms with E-state index in [1.807, 2.05) is 6.92 Å². The van der Waals surface area contributed by atoms with Crippen LogP contribution in [0.1, 0.15) is 46.0 Å². The number of carbonyl (C=O) groups excluding carboxylic acids is 1. The smallest absolute Gasteiger partial charge is 0.257 e. The van der Waals surface area contributed by atoms with Crippen LogP contribution in [0, 0.1) is 17.8 Å². The van der Waals surface area contributed by atoms with Crippen LogP contribution in [0.15, 0.2) is 12.4 Å². The Kier molecular flexibility index (Phi) is 6.33. The molecule has 0 aromatic carbocycles. The standard InChI is InChI=1S/C20H32N4O2/c1-4-15(2)20(25)24-13-7-17(8-14-24)16-5-11-23(12-6-16)18-19(26-3)22-10-9-21-18/h9-10,15-17H,4-8,11-14H2,1-3H3. The number of nitrogens with zero attached hydrogens (tertiary/aromatic N) is 4. The number of likely N-dealkylation sites (tertiary alicyclic amines) is 1. The highest BCUT2D eigenvalue weighted by atomic mass is 16.5. The highest BCUT2D eigenvalue weighted by Gasteiger charge is 2.32. The lowest BCUT2D eigenvalue weighted by Crippen LogP contribution is -2.44. The molecule has 3 heterocycles. The molecule has 0 N–H and O–H groups in total. The van der Waals surface area contributed by atoms with Gasteiger partial charge in [0, 0.05) is 44.5 Å². The van der Waals surface area contributed by atoms with E-state index in [0.29, 0.717) is 11.8 Å². The molecule has 2 aliphatic heterocycles. The fourth-order valence-corrected chi connectivity index (χ4v) is 4.34. The van der Waals surface area contributed by atoms with E-state index in [4.69, 9.17) is 4.74 Å². The van der Waals surface area contributed by atoms with Crippen LogP contribution in [-0.2, 0) is 4.79 Å². The second-order valence-corrected chi connectivity index (χ2v) is 7.69. The topological polar surface area (TPSA) is 58.6 Å². The average molecular weight is 361 g/mol. The summed E-state index contributed by atoms with van der Waals surface area (Å²) in [5, 5.41) is 0. The Hall–Kier alpha value is -1.85. The third-order valence-electron chi connectivity index (χ3n) is 6.23. The zero-order valence-corrected chi connectivity index (χ0v) is 16.4. The summed E-state index contributed by atoms with van der Waals surface area (Å²) in [6, 6.07) is 0. The second-order valence-electron chi connectivity index (χ2n) is 7.69. The maximum Gasteiger partial charge on any atom is 0.257 e. The molecule has 0 aliphatic carbocycles. The molecule has 144 valence electrons. The summed E-state index contributed by atoms with van der Waals surface area (Å²) in [5.41, 5.74) is 0. The molecule has 1 aromatic heterocycles. The summed E-state index contributed by atoms with van der Waals surface area (Å²) >= 11 is 0. The van der Waals surface area contributed by atoms with Gasteiger partial charge >= 0.3 is 0 Å². The molecule has 2 fully saturated rings. The van der Waals surface area contributed by atoms with Gasteiger partial charge in [-0.2, -0.15) is 0 Å². The number of rotatable bonds is 5. The molecule has 1 unspecified atom stereocenters. The van der Waals surface area contributed by atoms with Gasteiger partial charge in [-0.1, -0.05) is 13.8 Å². The van der Waals surface area contributed by atoms with Crippen molar-refractivity contribution in [2.24, 2.45) is 17.8 Å². The summed E-state index contributed by atoms with van der Waals surface area (Å²) in [4.78, 5) is 25.5. The molecular formula is C20H32N4O2. The number of ether oxygens (including phenoxy) is 1. The van der Waals surface area contributed by atoms with Crippen molar-refractivity contribution in [3.05, 3.63) is 12.4 Å². The zero-order chi connectivity index (χ0) is 18.5. The molecule has 1 atom stereocenters. The Labute approximate surface area is 156 Å². The molecule has 3 rings (SSSR count). The number of methoxy groups -OCH3 is 1. The van der Waals surface area contributed by atoms with E-state index < -0.39 is 0 Å². The maximum absolute atomic E-state index is 12.4. The molecule has 2 aliphatic rings. The fraction of sp³-hybridized carbons (Fsp3) is 0.750. The number of hydrogen-bond acceptors (Lipinski definition) is 5. The van der Waals surface area contributed by atoms with Crippen molar-refractivity contribution >= 4 is 11.7 Å². The van der Waals surface area contributed by atoms with Gasteiger partial charge in [-0.05, 0) is 43.9 Å². The number of aromatic nitrogens is 2. The molecule has 0 bridgehead atoms. The van der Waals surface area contributed by atoms with Crippen LogP contribution in [0.4, 0.5) is 5.82 Å². The van der Waals surface area contributed by atoms with Crippen molar-refractivity contribution in [2.75, 3.05) is 38.2 Å². The fourth-order valence-electron chi connectivity index (χ4n) is 4.34. The summed E-state index contributed by atoms with van der Waals surface area (Å²) in [6.07, 6.45) is 9.01. The lowest BCUT2D eigenvalue weighted by Gasteiger charge is -2.41. The minimum Gasteiger partial charge on any atom is -0.478 e. The molecule has 0 saturated carbocycles. The van der Waals surface area contributed by atoms with Crippen LogP contribution in [0.25, 0.3) is 0 Å². The van der Waals surface area contributed by atoms with E-state index in [1.165, 1.54) is 12.8 Å². The van der Waals surface area contributed by atoms with E-state index in [0.717, 1.165) is 63.1 Å². The largest absolute Gasteiger partial charge is 0.478 e. The van der Waals surface area contributed by atoms with Gasteiger partial charge in [-0.3, -0.25) is 4.79 Å². The summed E-state index contributed by atoms with van der Waals surface area (Å²) in [5.74, 6) is 3.49. The van der Waals surface area contributed by atoms with Gasteiger partial charge in [0.1, 0.15) is 0 Å². The monoisotopic (exact) mass is 360 g/mol. The van der Waals surface area contributed by atoms with Crippen LogP contribution in [0.2, 0.25) is 0 Å². The van der Waals surface area contributed by atoms with Gasteiger partial charge in [0.2, 0.25) is 5.91 Å². The van der Waals surface area contributed by atoms with Gasteiger partial charge < -0.3 is 14.5 Å². The number of amides is 1. The van der Waals surface area contributed by atoms with Gasteiger partial charge in [0.25, 0.3) is 5.88 Å². The van der Waals surface area contributed by atoms with Crippen molar-refractivity contribution in [3.63, 3.8) is 0 Å². The van der Waals surface area contributed by atoms with Gasteiger partial charge in [-0.25, -0.2) is 9.97 Å². The molecule has 1 aromatic rings. The van der Waals surface area contributed by atoms with Crippen LogP contribution in [0.5, 0.6) is 5.88 Å². The van der Waals surface area contributed by atoms with E-state index in [9.17, 15) is 4.79 Å². The third kappa shape index (κ3) is 4.10. The number of hydrogen-bond donors (Lipinski definition) is 0. The van der Waals surface area contributed by atoms with Gasteiger partial charge in [-0.15, -0.1) is 0 Å². The Morgan fingerprint density at radius 2 is 1.69 bits per heavy atom. The molecule has 0 radical (unpaired) electrons. The van der Waals surface area contributed by atoms with Crippen molar-refractivity contribution in [1.82, 2.24) is 14.9 Å². The van der Waals surface area contributed by atoms with E-state index >= 15 is 0 Å². The average Bonchev–Trinajstić information content (AvgIpc) is 2.73. The quantitative estimate of drug-likeness (QED) is 0.808. The molecule has 6 nitrogen and oxygen atoms in total. The number of anilines is 1. The third-order valence-corrected chi connectivity index (χ3v) is 6.23. The van der Waals surface area contributed by atoms with Crippen LogP contribution in [0.3, 0.4) is 0 Å². The first-order valence-corrected chi connectivity index (χ1v) is 10.0. The maximum atomic E-state index is 12.4. The first-order chi connectivity index (χ1) is 12.6. The Bertz CT molecular complexity index is 593. The SMILES string of the molecule is CCC(C)C(=O)N1CCC(C2CCN(c3nccnc3OC)CC2)CC1. The van der Waals surface area contributed by atoms with E-state index in [2.05, 4.69) is 26.7 Å². The second kappa shape index (κ2) is 8.69. The first-order valence-electron chi connectivity index (χ1n) is 10.0. The van der Waals surface area contributed by atoms with Crippen molar-refractivity contribution in [1.29, 1.82) is 0 Å². The minimum absolute atomic E-state index is 0.164. The van der Waals surface area contributed by atoms with E-state index in [-0.39, 0.29) is 5.92 Å².